The van der Waals surface area contributed by atoms with Gasteiger partial charge in [0.2, 0.25) is 0 Å². The number of hydrogen-bond donors (Lipinski definition) is 1. The lowest BCUT2D eigenvalue weighted by Gasteiger charge is -2.42. The second kappa shape index (κ2) is 5.73. The van der Waals surface area contributed by atoms with Crippen LogP contribution in [0.25, 0.3) is 0 Å². The lowest BCUT2D eigenvalue weighted by Crippen LogP contribution is -2.46. The van der Waals surface area contributed by atoms with E-state index < -0.39 is 0 Å². The maximum atomic E-state index is 13.2. The largest absolute Gasteiger partial charge is 0.376 e. The van der Waals surface area contributed by atoms with Crippen molar-refractivity contribution in [1.29, 1.82) is 0 Å². The van der Waals surface area contributed by atoms with Crippen molar-refractivity contribution in [2.24, 2.45) is 0 Å². The number of benzene rings is 1. The number of aromatic nitrogens is 1. The number of carbonyl (C=O) groups excluding carboxylic acids is 1. The van der Waals surface area contributed by atoms with Gasteiger partial charge in [-0.05, 0) is 35.6 Å². The van der Waals surface area contributed by atoms with Gasteiger partial charge < -0.3 is 14.6 Å². The third-order valence-corrected chi connectivity index (χ3v) is 6.27. The van der Waals surface area contributed by atoms with E-state index in [1.165, 1.54) is 42.5 Å². The molecule has 5 rings (SSSR count). The number of fused-ring (bicyclic) bond motifs is 3. The molecule has 3 heterocycles. The first kappa shape index (κ1) is 15.2. The molecule has 0 bridgehead atoms. The minimum absolute atomic E-state index is 0.134. The number of ether oxygens (including phenoxy) is 1. The van der Waals surface area contributed by atoms with Crippen LogP contribution in [0.1, 0.15) is 58.6 Å². The van der Waals surface area contributed by atoms with E-state index in [1.54, 1.807) is 0 Å². The second-order valence-electron chi connectivity index (χ2n) is 7.80. The Morgan fingerprint density at radius 1 is 1.16 bits per heavy atom. The zero-order valence-corrected chi connectivity index (χ0v) is 14.5. The molecule has 1 saturated carbocycles. The van der Waals surface area contributed by atoms with Crippen molar-refractivity contribution >= 4 is 5.91 Å². The highest BCUT2D eigenvalue weighted by Gasteiger charge is 2.43. The molecule has 130 valence electrons. The van der Waals surface area contributed by atoms with Crippen LogP contribution in [-0.4, -0.2) is 28.9 Å². The molecule has 0 atom stereocenters. The summed E-state index contributed by atoms with van der Waals surface area (Å²) in [5, 5.41) is 0. The fourth-order valence-electron chi connectivity index (χ4n) is 5.04. The van der Waals surface area contributed by atoms with Crippen molar-refractivity contribution in [2.45, 2.75) is 50.7 Å². The molecular weight excluding hydrogens is 312 g/mol. The Kier molecular flexibility index (Phi) is 3.49. The SMILES string of the molecule is O=C(c1cc2c([nH]1)CCOC2)N1Cc2ccccc2C2(CCCC2)C1. The highest BCUT2D eigenvalue weighted by Crippen LogP contribution is 2.46. The van der Waals surface area contributed by atoms with E-state index >= 15 is 0 Å². The monoisotopic (exact) mass is 336 g/mol. The number of nitrogens with one attached hydrogen (secondary N) is 1. The van der Waals surface area contributed by atoms with E-state index in [4.69, 9.17) is 4.74 Å². The van der Waals surface area contributed by atoms with Gasteiger partial charge in [0.25, 0.3) is 5.91 Å². The molecule has 25 heavy (non-hydrogen) atoms. The van der Waals surface area contributed by atoms with Gasteiger partial charge in [0.05, 0.1) is 13.2 Å². The summed E-state index contributed by atoms with van der Waals surface area (Å²) in [6.07, 6.45) is 5.80. The van der Waals surface area contributed by atoms with Crippen LogP contribution in [0.15, 0.2) is 30.3 Å². The molecule has 4 nitrogen and oxygen atoms in total. The lowest BCUT2D eigenvalue weighted by molar-refractivity contribution is 0.0665. The van der Waals surface area contributed by atoms with E-state index in [1.807, 2.05) is 6.07 Å². The summed E-state index contributed by atoms with van der Waals surface area (Å²) in [7, 11) is 0. The van der Waals surface area contributed by atoms with Crippen LogP contribution in [-0.2, 0) is 29.7 Å². The van der Waals surface area contributed by atoms with E-state index in [0.717, 1.165) is 37.4 Å². The predicted molar refractivity (Wildman–Crippen MR) is 95.5 cm³/mol. The summed E-state index contributed by atoms with van der Waals surface area (Å²) < 4.78 is 5.51. The molecule has 1 fully saturated rings. The van der Waals surface area contributed by atoms with Crippen molar-refractivity contribution in [3.8, 4) is 0 Å². The number of hydrogen-bond acceptors (Lipinski definition) is 2. The fourth-order valence-corrected chi connectivity index (χ4v) is 5.04. The molecular formula is C21H24N2O2. The first-order chi connectivity index (χ1) is 12.3. The number of aromatic amines is 1. The van der Waals surface area contributed by atoms with Crippen LogP contribution >= 0.6 is 0 Å². The average Bonchev–Trinajstić information content (AvgIpc) is 3.28. The molecule has 1 aromatic carbocycles. The van der Waals surface area contributed by atoms with E-state index in [2.05, 4.69) is 34.1 Å². The maximum absolute atomic E-state index is 13.2. The van der Waals surface area contributed by atoms with Gasteiger partial charge in [-0.2, -0.15) is 0 Å². The minimum Gasteiger partial charge on any atom is -0.376 e. The Hall–Kier alpha value is -2.07. The summed E-state index contributed by atoms with van der Waals surface area (Å²) in [5.41, 5.74) is 6.01. The molecule has 1 amide bonds. The molecule has 0 saturated heterocycles. The van der Waals surface area contributed by atoms with Crippen LogP contribution in [0.4, 0.5) is 0 Å². The fraction of sp³-hybridized carbons (Fsp3) is 0.476. The van der Waals surface area contributed by atoms with Crippen LogP contribution < -0.4 is 0 Å². The van der Waals surface area contributed by atoms with Crippen molar-refractivity contribution in [1.82, 2.24) is 9.88 Å². The lowest BCUT2D eigenvalue weighted by atomic mass is 9.73. The normalized spacial score (nSPS) is 21.2. The smallest absolute Gasteiger partial charge is 0.270 e. The molecule has 2 aliphatic heterocycles. The highest BCUT2D eigenvalue weighted by atomic mass is 16.5. The second-order valence-corrected chi connectivity index (χ2v) is 7.80. The highest BCUT2D eigenvalue weighted by molar-refractivity contribution is 5.93. The predicted octanol–water partition coefficient (Wildman–Crippen LogP) is 3.56. The van der Waals surface area contributed by atoms with Crippen LogP contribution in [0.5, 0.6) is 0 Å². The first-order valence-electron chi connectivity index (χ1n) is 9.41. The van der Waals surface area contributed by atoms with Gasteiger partial charge in [0.1, 0.15) is 5.69 Å². The Bertz CT molecular complexity index is 794. The van der Waals surface area contributed by atoms with Gasteiger partial charge in [0, 0.05) is 30.6 Å². The Morgan fingerprint density at radius 3 is 2.84 bits per heavy atom. The van der Waals surface area contributed by atoms with Crippen LogP contribution in [0.2, 0.25) is 0 Å². The van der Waals surface area contributed by atoms with Crippen molar-refractivity contribution in [3.63, 3.8) is 0 Å². The Balaban J connectivity index is 1.48. The molecule has 1 spiro atoms. The number of amides is 1. The van der Waals surface area contributed by atoms with Gasteiger partial charge in [-0.15, -0.1) is 0 Å². The third-order valence-electron chi connectivity index (χ3n) is 6.27. The van der Waals surface area contributed by atoms with Gasteiger partial charge >= 0.3 is 0 Å². The number of H-pyrrole nitrogens is 1. The van der Waals surface area contributed by atoms with Crippen molar-refractivity contribution in [2.75, 3.05) is 13.2 Å². The molecule has 1 aromatic heterocycles. The molecule has 0 unspecified atom stereocenters. The minimum atomic E-state index is 0.134. The molecule has 2 aromatic rings. The first-order valence-corrected chi connectivity index (χ1v) is 9.41. The number of carbonyl (C=O) groups is 1. The topological polar surface area (TPSA) is 45.3 Å². The van der Waals surface area contributed by atoms with Crippen LogP contribution in [0, 0.1) is 0 Å². The molecule has 4 heteroatoms. The quantitative estimate of drug-likeness (QED) is 0.865. The van der Waals surface area contributed by atoms with Gasteiger partial charge in [-0.3, -0.25) is 4.79 Å². The van der Waals surface area contributed by atoms with Crippen molar-refractivity contribution < 1.29 is 9.53 Å². The summed E-state index contributed by atoms with van der Waals surface area (Å²) in [6, 6.07) is 10.7. The van der Waals surface area contributed by atoms with Gasteiger partial charge in [-0.25, -0.2) is 0 Å². The standard InChI is InChI=1S/C21H24N2O2/c24-20(19-11-16-13-25-10-7-18(16)22-19)23-12-15-5-1-2-6-17(15)21(14-23)8-3-4-9-21/h1-2,5-6,11,22H,3-4,7-10,12-14H2. The summed E-state index contributed by atoms with van der Waals surface area (Å²) in [5.74, 6) is 0.134. The Morgan fingerprint density at radius 2 is 2.00 bits per heavy atom. The molecule has 1 aliphatic carbocycles. The van der Waals surface area contributed by atoms with Gasteiger partial charge in [-0.1, -0.05) is 37.1 Å². The zero-order chi connectivity index (χ0) is 16.9. The maximum Gasteiger partial charge on any atom is 0.270 e. The molecule has 1 N–H and O–H groups in total. The third kappa shape index (κ3) is 2.43. The van der Waals surface area contributed by atoms with E-state index in [9.17, 15) is 4.79 Å². The summed E-state index contributed by atoms with van der Waals surface area (Å²) in [4.78, 5) is 18.6. The van der Waals surface area contributed by atoms with E-state index in [-0.39, 0.29) is 11.3 Å². The van der Waals surface area contributed by atoms with Crippen molar-refractivity contribution in [3.05, 3.63) is 58.4 Å². The van der Waals surface area contributed by atoms with Gasteiger partial charge in [0.15, 0.2) is 0 Å². The number of rotatable bonds is 1. The molecule has 3 aliphatic rings. The summed E-state index contributed by atoms with van der Waals surface area (Å²) in [6.45, 7) is 2.92. The Labute approximate surface area is 148 Å². The number of nitrogens with zero attached hydrogens (tertiary/aromatic N) is 1. The molecule has 0 radical (unpaired) electrons. The summed E-state index contributed by atoms with van der Waals surface area (Å²) >= 11 is 0. The van der Waals surface area contributed by atoms with Crippen LogP contribution in [0.3, 0.4) is 0 Å². The zero-order valence-electron chi connectivity index (χ0n) is 14.5. The average molecular weight is 336 g/mol. The van der Waals surface area contributed by atoms with E-state index in [0.29, 0.717) is 6.61 Å².